The first-order valence-electron chi connectivity index (χ1n) is 11.2. The third-order valence-electron chi connectivity index (χ3n) is 5.85. The Labute approximate surface area is 196 Å². The number of imidazole rings is 1. The number of fused-ring (bicyclic) bond motifs is 2. The second kappa shape index (κ2) is 9.70. The number of nitrogens with one attached hydrogen (secondary N) is 1. The Bertz CT molecular complexity index is 1270. The van der Waals surface area contributed by atoms with Crippen molar-refractivity contribution < 1.29 is 9.53 Å². The van der Waals surface area contributed by atoms with Crippen molar-refractivity contribution in [2.45, 2.75) is 52.5 Å². The molecule has 1 amide bonds. The van der Waals surface area contributed by atoms with Gasteiger partial charge in [-0.05, 0) is 44.7 Å². The van der Waals surface area contributed by atoms with Gasteiger partial charge in [-0.1, -0.05) is 31.3 Å². The van der Waals surface area contributed by atoms with Crippen LogP contribution in [0.3, 0.4) is 0 Å². The molecule has 1 aliphatic rings. The molecule has 0 radical (unpaired) electrons. The molecule has 1 aromatic carbocycles. The number of anilines is 2. The van der Waals surface area contributed by atoms with E-state index >= 15 is 0 Å². The number of hydrogen-bond donors (Lipinski definition) is 2. The zero-order valence-electron chi connectivity index (χ0n) is 19.3. The van der Waals surface area contributed by atoms with E-state index in [0.717, 1.165) is 41.5 Å². The minimum atomic E-state index is -0.0404. The third kappa shape index (κ3) is 4.47. The number of nitrogen functional groups attached to an aromatic ring is 1. The molecular weight excluding hydrogens is 438 g/mol. The summed E-state index contributed by atoms with van der Waals surface area (Å²) in [5.74, 6) is 1.73. The van der Waals surface area contributed by atoms with E-state index in [9.17, 15) is 4.79 Å². The molecule has 0 bridgehead atoms. The molecule has 1 aliphatic carbocycles. The highest BCUT2D eigenvalue weighted by molar-refractivity contribution is 7.22. The summed E-state index contributed by atoms with van der Waals surface area (Å²) < 4.78 is 8.43. The fraction of sp³-hybridized carbons (Fsp3) is 0.435. The maximum Gasteiger partial charge on any atom is 0.229 e. The number of thiazole rings is 1. The van der Waals surface area contributed by atoms with Gasteiger partial charge in [0.15, 0.2) is 16.6 Å². The van der Waals surface area contributed by atoms with Crippen LogP contribution in [0.25, 0.3) is 21.4 Å². The highest BCUT2D eigenvalue weighted by atomic mass is 32.1. The highest BCUT2D eigenvalue weighted by Gasteiger charge is 2.29. The van der Waals surface area contributed by atoms with Crippen LogP contribution >= 0.6 is 11.3 Å². The number of ether oxygens (including phenoxy) is 1. The molecule has 1 fully saturated rings. The van der Waals surface area contributed by atoms with Crippen molar-refractivity contribution in [1.29, 1.82) is 0 Å². The second-order valence-electron chi connectivity index (χ2n) is 7.80. The van der Waals surface area contributed by atoms with Gasteiger partial charge in [0, 0.05) is 12.0 Å². The molecule has 9 nitrogen and oxygen atoms in total. The van der Waals surface area contributed by atoms with E-state index in [1.165, 1.54) is 11.3 Å². The summed E-state index contributed by atoms with van der Waals surface area (Å²) in [6.45, 7) is 5.83. The number of carbonyl (C=O) groups is 1. The Morgan fingerprint density at radius 1 is 1.15 bits per heavy atom. The van der Waals surface area contributed by atoms with Crippen LogP contribution in [0, 0.1) is 12.8 Å². The molecule has 174 valence electrons. The topological polar surface area (TPSA) is 121 Å². The fourth-order valence-electron chi connectivity index (χ4n) is 4.28. The van der Waals surface area contributed by atoms with Gasteiger partial charge in [-0.15, -0.1) is 0 Å². The van der Waals surface area contributed by atoms with Gasteiger partial charge in [-0.2, -0.15) is 0 Å². The van der Waals surface area contributed by atoms with E-state index in [1.807, 2.05) is 39.0 Å². The summed E-state index contributed by atoms with van der Waals surface area (Å²) in [5.41, 5.74) is 8.16. The molecule has 3 N–H and O–H groups in total. The Balaban J connectivity index is 0.00000126. The number of aromatic nitrogens is 5. The molecule has 5 rings (SSSR count). The lowest BCUT2D eigenvalue weighted by molar-refractivity contribution is -0.120. The van der Waals surface area contributed by atoms with Gasteiger partial charge in [-0.25, -0.2) is 19.9 Å². The minimum absolute atomic E-state index is 0.0226. The van der Waals surface area contributed by atoms with Crippen LogP contribution in [0.15, 0.2) is 24.5 Å². The highest BCUT2D eigenvalue weighted by Crippen LogP contribution is 2.36. The molecule has 0 atom stereocenters. The lowest BCUT2D eigenvalue weighted by atomic mass is 9.85. The van der Waals surface area contributed by atoms with Crippen LogP contribution in [0.4, 0.5) is 10.9 Å². The zero-order chi connectivity index (χ0) is 23.5. The molecule has 3 aromatic heterocycles. The quantitative estimate of drug-likeness (QED) is 0.445. The monoisotopic (exact) mass is 467 g/mol. The molecule has 0 aliphatic heterocycles. The van der Waals surface area contributed by atoms with Crippen LogP contribution in [0.2, 0.25) is 0 Å². The molecule has 33 heavy (non-hydrogen) atoms. The average molecular weight is 468 g/mol. The summed E-state index contributed by atoms with van der Waals surface area (Å²) in [6.07, 6.45) is 5.13. The van der Waals surface area contributed by atoms with E-state index < -0.39 is 0 Å². The Kier molecular flexibility index (Phi) is 6.73. The number of aryl methyl sites for hydroxylation is 1. The molecular formula is C23H29N7O2S. The lowest BCUT2D eigenvalue weighted by Crippen LogP contribution is -2.28. The largest absolute Gasteiger partial charge is 0.494 e. The van der Waals surface area contributed by atoms with Gasteiger partial charge in [-0.3, -0.25) is 4.79 Å². The lowest BCUT2D eigenvalue weighted by Gasteiger charge is -2.28. The van der Waals surface area contributed by atoms with Crippen molar-refractivity contribution >= 4 is 49.6 Å². The summed E-state index contributed by atoms with van der Waals surface area (Å²) in [4.78, 5) is 30.5. The molecule has 1 saturated carbocycles. The number of hydrogen-bond acceptors (Lipinski definition) is 8. The SMILES string of the molecule is CC.COc1cccc2sc(NC(=O)C3CCC(n4cnc5c(N)nc(C)nc54)CC3)nc12. The first kappa shape index (κ1) is 22.9. The van der Waals surface area contributed by atoms with Gasteiger partial charge >= 0.3 is 0 Å². The summed E-state index contributed by atoms with van der Waals surface area (Å²) >= 11 is 1.46. The summed E-state index contributed by atoms with van der Waals surface area (Å²) in [5, 5.41) is 3.61. The molecule has 0 spiro atoms. The van der Waals surface area contributed by atoms with Gasteiger partial charge in [0.25, 0.3) is 0 Å². The maximum atomic E-state index is 12.9. The molecule has 10 heteroatoms. The minimum Gasteiger partial charge on any atom is -0.494 e. The number of benzene rings is 1. The Morgan fingerprint density at radius 2 is 1.91 bits per heavy atom. The first-order chi connectivity index (χ1) is 16.0. The predicted octanol–water partition coefficient (Wildman–Crippen LogP) is 4.73. The van der Waals surface area contributed by atoms with Crippen molar-refractivity contribution in [2.24, 2.45) is 5.92 Å². The Morgan fingerprint density at radius 3 is 2.64 bits per heavy atom. The van der Waals surface area contributed by atoms with E-state index in [1.54, 1.807) is 13.4 Å². The van der Waals surface area contributed by atoms with Crippen LogP contribution in [-0.2, 0) is 4.79 Å². The van der Waals surface area contributed by atoms with Crippen LogP contribution in [0.1, 0.15) is 51.4 Å². The molecule has 0 saturated heterocycles. The molecule has 4 aromatic rings. The second-order valence-corrected chi connectivity index (χ2v) is 8.83. The van der Waals surface area contributed by atoms with E-state index in [0.29, 0.717) is 28.0 Å². The van der Waals surface area contributed by atoms with Crippen LogP contribution in [0.5, 0.6) is 5.75 Å². The average Bonchev–Trinajstić information content (AvgIpc) is 3.44. The van der Waals surface area contributed by atoms with E-state index in [2.05, 4.69) is 29.8 Å². The summed E-state index contributed by atoms with van der Waals surface area (Å²) in [6, 6.07) is 6.01. The number of methoxy groups -OCH3 is 1. The third-order valence-corrected chi connectivity index (χ3v) is 6.79. The standard InChI is InChI=1S/C21H23N7O2S.C2H6/c1-11-24-18(22)17-19(25-11)28(10-23-17)13-8-6-12(7-9-13)20(29)27-21-26-16-14(30-2)4-3-5-15(16)31-21;1-2/h3-5,10,12-13H,6-9H2,1-2H3,(H2,22,24,25)(H,26,27,29);1-2H3. The fourth-order valence-corrected chi connectivity index (χ4v) is 5.17. The van der Waals surface area contributed by atoms with Crippen LogP contribution < -0.4 is 15.8 Å². The number of rotatable bonds is 4. The predicted molar refractivity (Wildman–Crippen MR) is 132 cm³/mol. The number of amides is 1. The van der Waals surface area contributed by atoms with Crippen molar-refractivity contribution in [3.63, 3.8) is 0 Å². The number of para-hydroxylation sites is 1. The van der Waals surface area contributed by atoms with Crippen LogP contribution in [-0.4, -0.2) is 37.5 Å². The van der Waals surface area contributed by atoms with Crippen molar-refractivity contribution in [3.8, 4) is 5.75 Å². The number of carbonyl (C=O) groups excluding carboxylic acids is 1. The normalized spacial score (nSPS) is 18.1. The molecule has 3 heterocycles. The van der Waals surface area contributed by atoms with Crippen molar-refractivity contribution in [2.75, 3.05) is 18.2 Å². The first-order valence-corrected chi connectivity index (χ1v) is 12.1. The van der Waals surface area contributed by atoms with Gasteiger partial charge < -0.3 is 20.4 Å². The van der Waals surface area contributed by atoms with Crippen molar-refractivity contribution in [3.05, 3.63) is 30.4 Å². The van der Waals surface area contributed by atoms with E-state index in [-0.39, 0.29) is 17.9 Å². The van der Waals surface area contributed by atoms with Crippen molar-refractivity contribution in [1.82, 2.24) is 24.5 Å². The number of nitrogens with zero attached hydrogens (tertiary/aromatic N) is 5. The summed E-state index contributed by atoms with van der Waals surface area (Å²) in [7, 11) is 1.62. The zero-order valence-corrected chi connectivity index (χ0v) is 20.1. The Hall–Kier alpha value is -3.27. The molecule has 0 unspecified atom stereocenters. The van der Waals surface area contributed by atoms with Gasteiger partial charge in [0.1, 0.15) is 22.6 Å². The smallest absolute Gasteiger partial charge is 0.229 e. The number of nitrogens with two attached hydrogens (primary N) is 1. The maximum absolute atomic E-state index is 12.9. The van der Waals surface area contributed by atoms with Gasteiger partial charge in [0.05, 0.1) is 18.1 Å². The van der Waals surface area contributed by atoms with E-state index in [4.69, 9.17) is 10.5 Å². The van der Waals surface area contributed by atoms with Gasteiger partial charge in [0.2, 0.25) is 5.91 Å².